The predicted octanol–water partition coefficient (Wildman–Crippen LogP) is 3.59. The summed E-state index contributed by atoms with van der Waals surface area (Å²) >= 11 is 0. The Morgan fingerprint density at radius 3 is 2.50 bits per heavy atom. The van der Waals surface area contributed by atoms with Crippen LogP contribution >= 0.6 is 0 Å². The lowest BCUT2D eigenvalue weighted by atomic mass is 10.0. The Labute approximate surface area is 120 Å². The van der Waals surface area contributed by atoms with Crippen LogP contribution in [0.15, 0.2) is 42.7 Å². The van der Waals surface area contributed by atoms with E-state index in [-0.39, 0.29) is 11.4 Å². The maximum absolute atomic E-state index is 12.2. The number of nitrogens with one attached hydrogen (secondary N) is 1. The molecule has 0 atom stereocenters. The molecule has 1 amide bonds. The van der Waals surface area contributed by atoms with E-state index in [1.165, 1.54) is 0 Å². The van der Waals surface area contributed by atoms with Crippen LogP contribution in [0.5, 0.6) is 0 Å². The Kier molecular flexibility index (Phi) is 3.89. The normalized spacial score (nSPS) is 11.2. The maximum Gasteiger partial charge on any atom is 0.251 e. The van der Waals surface area contributed by atoms with E-state index >= 15 is 0 Å². The summed E-state index contributed by atoms with van der Waals surface area (Å²) in [6.45, 7) is 7.92. The number of nitrogens with zero attached hydrogens (tertiary/aromatic N) is 1. The fourth-order valence-electron chi connectivity index (χ4n) is 1.97. The molecule has 0 bridgehead atoms. The molecule has 0 aliphatic rings. The topological polar surface area (TPSA) is 42.0 Å². The number of benzene rings is 1. The first kappa shape index (κ1) is 14.3. The maximum atomic E-state index is 12.2. The highest BCUT2D eigenvalue weighted by atomic mass is 16.1. The van der Waals surface area contributed by atoms with Crippen LogP contribution in [-0.2, 0) is 0 Å². The van der Waals surface area contributed by atoms with Crippen LogP contribution < -0.4 is 5.32 Å². The fourth-order valence-corrected chi connectivity index (χ4v) is 1.97. The van der Waals surface area contributed by atoms with Gasteiger partial charge in [-0.25, -0.2) is 0 Å². The predicted molar refractivity (Wildman–Crippen MR) is 81.6 cm³/mol. The molecule has 1 aromatic heterocycles. The van der Waals surface area contributed by atoms with Crippen molar-refractivity contribution in [3.05, 3.63) is 53.9 Å². The highest BCUT2D eigenvalue weighted by Crippen LogP contribution is 2.20. The van der Waals surface area contributed by atoms with Gasteiger partial charge in [-0.1, -0.05) is 12.1 Å². The second-order valence-corrected chi connectivity index (χ2v) is 6.04. The summed E-state index contributed by atoms with van der Waals surface area (Å²) in [7, 11) is 0. The number of amides is 1. The molecule has 0 aliphatic carbocycles. The van der Waals surface area contributed by atoms with Crippen LogP contribution in [0.3, 0.4) is 0 Å². The van der Waals surface area contributed by atoms with E-state index in [0.717, 1.165) is 16.7 Å². The number of hydrogen-bond donors (Lipinski definition) is 1. The first-order chi connectivity index (χ1) is 9.35. The van der Waals surface area contributed by atoms with E-state index in [1.54, 1.807) is 0 Å². The zero-order valence-corrected chi connectivity index (χ0v) is 12.4. The van der Waals surface area contributed by atoms with Gasteiger partial charge in [0.15, 0.2) is 0 Å². The smallest absolute Gasteiger partial charge is 0.251 e. The van der Waals surface area contributed by atoms with E-state index in [4.69, 9.17) is 0 Å². The monoisotopic (exact) mass is 268 g/mol. The van der Waals surface area contributed by atoms with Crippen LogP contribution in [0.2, 0.25) is 0 Å². The third kappa shape index (κ3) is 3.67. The molecule has 0 radical (unpaired) electrons. The van der Waals surface area contributed by atoms with Crippen molar-refractivity contribution in [2.24, 2.45) is 0 Å². The average molecular weight is 268 g/mol. The van der Waals surface area contributed by atoms with E-state index < -0.39 is 0 Å². The minimum absolute atomic E-state index is 0.0556. The summed E-state index contributed by atoms with van der Waals surface area (Å²) < 4.78 is 0. The van der Waals surface area contributed by atoms with Crippen LogP contribution in [0, 0.1) is 6.92 Å². The number of hydrogen-bond acceptors (Lipinski definition) is 2. The molecule has 0 saturated heterocycles. The van der Waals surface area contributed by atoms with E-state index in [9.17, 15) is 4.79 Å². The molecule has 2 aromatic rings. The minimum Gasteiger partial charge on any atom is -0.347 e. The molecule has 104 valence electrons. The summed E-state index contributed by atoms with van der Waals surface area (Å²) in [5.41, 5.74) is 3.56. The van der Waals surface area contributed by atoms with Gasteiger partial charge < -0.3 is 5.32 Å². The van der Waals surface area contributed by atoms with Crippen LogP contribution in [0.1, 0.15) is 36.7 Å². The van der Waals surface area contributed by atoms with Gasteiger partial charge in [0, 0.05) is 29.1 Å². The summed E-state index contributed by atoms with van der Waals surface area (Å²) in [6, 6.07) is 9.68. The average Bonchev–Trinajstić information content (AvgIpc) is 2.37. The van der Waals surface area contributed by atoms with Crippen molar-refractivity contribution in [2.75, 3.05) is 0 Å². The Balaban J connectivity index is 2.31. The highest BCUT2D eigenvalue weighted by molar-refractivity contribution is 5.95. The van der Waals surface area contributed by atoms with Crippen LogP contribution in [0.4, 0.5) is 0 Å². The molecule has 0 unspecified atom stereocenters. The van der Waals surface area contributed by atoms with E-state index in [2.05, 4.69) is 16.4 Å². The van der Waals surface area contributed by atoms with Gasteiger partial charge in [0.05, 0.1) is 0 Å². The van der Waals surface area contributed by atoms with Crippen molar-refractivity contribution in [2.45, 2.75) is 33.2 Å². The Morgan fingerprint density at radius 1 is 1.10 bits per heavy atom. The molecule has 0 saturated carbocycles. The molecule has 3 nitrogen and oxygen atoms in total. The SMILES string of the molecule is Cc1cncc(-c2cccc(C(=O)NC(C)(C)C)c2)c1. The lowest BCUT2D eigenvalue weighted by Crippen LogP contribution is -2.40. The second-order valence-electron chi connectivity index (χ2n) is 6.04. The number of carbonyl (C=O) groups is 1. The molecule has 3 heteroatoms. The van der Waals surface area contributed by atoms with Crippen molar-refractivity contribution >= 4 is 5.91 Å². The number of pyridine rings is 1. The third-order valence-electron chi connectivity index (χ3n) is 2.82. The lowest BCUT2D eigenvalue weighted by molar-refractivity contribution is 0.0919. The largest absolute Gasteiger partial charge is 0.347 e. The van der Waals surface area contributed by atoms with Gasteiger partial charge in [0.25, 0.3) is 5.91 Å². The van der Waals surface area contributed by atoms with Crippen molar-refractivity contribution < 1.29 is 4.79 Å². The number of aromatic nitrogens is 1. The molecule has 2 rings (SSSR count). The van der Waals surface area contributed by atoms with E-state index in [0.29, 0.717) is 5.56 Å². The van der Waals surface area contributed by atoms with Gasteiger partial charge in [-0.15, -0.1) is 0 Å². The van der Waals surface area contributed by atoms with E-state index in [1.807, 2.05) is 64.4 Å². The minimum atomic E-state index is -0.238. The molecular formula is C17H20N2O. The van der Waals surface area contributed by atoms with Gasteiger partial charge in [-0.3, -0.25) is 9.78 Å². The first-order valence-corrected chi connectivity index (χ1v) is 6.70. The standard InChI is InChI=1S/C17H20N2O/c1-12-8-15(11-18-10-12)13-6-5-7-14(9-13)16(20)19-17(2,3)4/h5-11H,1-4H3,(H,19,20). The fraction of sp³-hybridized carbons (Fsp3) is 0.294. The molecule has 1 aromatic carbocycles. The van der Waals surface area contributed by atoms with Gasteiger partial charge in [0.1, 0.15) is 0 Å². The summed E-state index contributed by atoms with van der Waals surface area (Å²) in [5.74, 6) is -0.0556. The summed E-state index contributed by atoms with van der Waals surface area (Å²) in [5, 5.41) is 2.97. The summed E-state index contributed by atoms with van der Waals surface area (Å²) in [6.07, 6.45) is 3.63. The lowest BCUT2D eigenvalue weighted by Gasteiger charge is -2.20. The molecule has 0 fully saturated rings. The molecule has 0 aliphatic heterocycles. The molecular weight excluding hydrogens is 248 g/mol. The van der Waals surface area contributed by atoms with Gasteiger partial charge in [-0.05, 0) is 57.0 Å². The second kappa shape index (κ2) is 5.45. The summed E-state index contributed by atoms with van der Waals surface area (Å²) in [4.78, 5) is 16.4. The molecule has 20 heavy (non-hydrogen) atoms. The zero-order valence-electron chi connectivity index (χ0n) is 12.4. The van der Waals surface area contributed by atoms with Crippen molar-refractivity contribution in [1.29, 1.82) is 0 Å². The molecule has 0 spiro atoms. The van der Waals surface area contributed by atoms with Crippen molar-refractivity contribution in [3.8, 4) is 11.1 Å². The van der Waals surface area contributed by atoms with Gasteiger partial charge >= 0.3 is 0 Å². The quantitative estimate of drug-likeness (QED) is 0.904. The third-order valence-corrected chi connectivity index (χ3v) is 2.82. The molecule has 1 N–H and O–H groups in total. The van der Waals surface area contributed by atoms with Gasteiger partial charge in [0.2, 0.25) is 0 Å². The van der Waals surface area contributed by atoms with Crippen molar-refractivity contribution in [1.82, 2.24) is 10.3 Å². The first-order valence-electron chi connectivity index (χ1n) is 6.70. The Morgan fingerprint density at radius 2 is 1.85 bits per heavy atom. The number of carbonyl (C=O) groups excluding carboxylic acids is 1. The van der Waals surface area contributed by atoms with Crippen LogP contribution in [0.25, 0.3) is 11.1 Å². The number of aryl methyl sites for hydroxylation is 1. The van der Waals surface area contributed by atoms with Crippen molar-refractivity contribution in [3.63, 3.8) is 0 Å². The number of rotatable bonds is 2. The van der Waals surface area contributed by atoms with Gasteiger partial charge in [-0.2, -0.15) is 0 Å². The Bertz CT molecular complexity index is 627. The Hall–Kier alpha value is -2.16. The van der Waals surface area contributed by atoms with Crippen LogP contribution in [-0.4, -0.2) is 16.4 Å². The zero-order chi connectivity index (χ0) is 14.8. The molecule has 1 heterocycles. The highest BCUT2D eigenvalue weighted by Gasteiger charge is 2.15.